The maximum absolute atomic E-state index is 10.9. The van der Waals surface area contributed by atoms with Gasteiger partial charge < -0.3 is 10.2 Å². The molecule has 0 aliphatic carbocycles. The highest BCUT2D eigenvalue weighted by atomic mass is 16.6. The first-order chi connectivity index (χ1) is 9.25. The Bertz CT molecular complexity index is 607. The lowest BCUT2D eigenvalue weighted by molar-refractivity contribution is -0.383. The number of hydrogen-bond acceptors (Lipinski definition) is 8. The third-order valence-electron chi connectivity index (χ3n) is 2.88. The van der Waals surface area contributed by atoms with Crippen molar-refractivity contribution >= 4 is 22.4 Å². The molecule has 2 aromatic rings. The molecule has 0 spiro atoms. The number of nitro groups is 1. The highest BCUT2D eigenvalue weighted by molar-refractivity contribution is 5.93. The number of benzene rings is 1. The summed E-state index contributed by atoms with van der Waals surface area (Å²) in [5.41, 5.74) is 4.14. The van der Waals surface area contributed by atoms with Crippen molar-refractivity contribution < 1.29 is 14.3 Å². The monoisotopic (exact) mass is 265 g/mol. The lowest BCUT2D eigenvalue weighted by Crippen LogP contribution is -2.40. The van der Waals surface area contributed by atoms with Gasteiger partial charge in [-0.25, -0.2) is 9.64 Å². The molecular weight excluding hydrogens is 254 g/mol. The lowest BCUT2D eigenvalue weighted by atomic mass is 10.2. The molecule has 0 radical (unpaired) electrons. The van der Waals surface area contributed by atoms with E-state index in [-0.39, 0.29) is 11.2 Å². The maximum Gasteiger partial charge on any atom is 0.300 e. The van der Waals surface area contributed by atoms with Crippen molar-refractivity contribution in [3.8, 4) is 0 Å². The normalized spacial score (nSPS) is 16.6. The first-order valence-corrected chi connectivity index (χ1v) is 5.75. The number of nitro benzene ring substituents is 1. The molecule has 0 unspecified atom stereocenters. The van der Waals surface area contributed by atoms with Crippen LogP contribution < -0.4 is 5.43 Å². The highest BCUT2D eigenvalue weighted by Gasteiger charge is 2.21. The van der Waals surface area contributed by atoms with E-state index in [2.05, 4.69) is 20.4 Å². The maximum atomic E-state index is 10.9. The van der Waals surface area contributed by atoms with E-state index >= 15 is 0 Å². The largest absolute Gasteiger partial charge is 0.379 e. The van der Waals surface area contributed by atoms with E-state index in [9.17, 15) is 10.1 Å². The molecule has 1 aliphatic rings. The summed E-state index contributed by atoms with van der Waals surface area (Å²) >= 11 is 0. The molecule has 9 nitrogen and oxygen atoms in total. The smallest absolute Gasteiger partial charge is 0.300 e. The lowest BCUT2D eigenvalue weighted by Gasteiger charge is -2.27. The average Bonchev–Trinajstić information content (AvgIpc) is 2.89. The van der Waals surface area contributed by atoms with Crippen LogP contribution in [-0.2, 0) is 4.74 Å². The first kappa shape index (κ1) is 11.8. The van der Waals surface area contributed by atoms with Gasteiger partial charge >= 0.3 is 5.69 Å². The molecule has 100 valence electrons. The fourth-order valence-electron chi connectivity index (χ4n) is 1.94. The van der Waals surface area contributed by atoms with Crippen molar-refractivity contribution in [2.75, 3.05) is 31.7 Å². The number of ether oxygens (including phenoxy) is 1. The number of rotatable bonds is 3. The van der Waals surface area contributed by atoms with Gasteiger partial charge in [0.05, 0.1) is 23.8 Å². The minimum absolute atomic E-state index is 0.122. The third-order valence-corrected chi connectivity index (χ3v) is 2.88. The Kier molecular flexibility index (Phi) is 2.97. The van der Waals surface area contributed by atoms with Crippen LogP contribution in [0.3, 0.4) is 0 Å². The molecule has 3 rings (SSSR count). The van der Waals surface area contributed by atoms with E-state index in [4.69, 9.17) is 4.74 Å². The SMILES string of the molecule is O=[N+]([O-])c1ccc(NN2CCOCC2)c2nonc12. The Morgan fingerprint density at radius 2 is 2.00 bits per heavy atom. The summed E-state index contributed by atoms with van der Waals surface area (Å²) in [4.78, 5) is 10.4. The zero-order valence-electron chi connectivity index (χ0n) is 9.90. The minimum Gasteiger partial charge on any atom is -0.379 e. The van der Waals surface area contributed by atoms with Crippen molar-refractivity contribution in [1.29, 1.82) is 0 Å². The summed E-state index contributed by atoms with van der Waals surface area (Å²) in [6.07, 6.45) is 0. The molecule has 1 fully saturated rings. The summed E-state index contributed by atoms with van der Waals surface area (Å²) in [5, 5.41) is 20.1. The van der Waals surface area contributed by atoms with Crippen LogP contribution in [0.15, 0.2) is 16.8 Å². The zero-order chi connectivity index (χ0) is 13.2. The summed E-state index contributed by atoms with van der Waals surface area (Å²) < 4.78 is 9.84. The highest BCUT2D eigenvalue weighted by Crippen LogP contribution is 2.28. The summed E-state index contributed by atoms with van der Waals surface area (Å²) in [6, 6.07) is 2.98. The van der Waals surface area contributed by atoms with E-state index < -0.39 is 4.92 Å². The Morgan fingerprint density at radius 3 is 2.74 bits per heavy atom. The van der Waals surface area contributed by atoms with Gasteiger partial charge in [-0.3, -0.25) is 10.1 Å². The Balaban J connectivity index is 1.93. The van der Waals surface area contributed by atoms with Crippen molar-refractivity contribution in [1.82, 2.24) is 15.3 Å². The van der Waals surface area contributed by atoms with Gasteiger partial charge in [-0.2, -0.15) is 0 Å². The summed E-state index contributed by atoms with van der Waals surface area (Å²) in [5.74, 6) is 0. The standard InChI is InChI=1S/C10H11N5O4/c16-15(17)8-2-1-7(9-10(8)13-19-12-9)11-14-3-5-18-6-4-14/h1-2,11H,3-6H2. The number of aromatic nitrogens is 2. The quantitative estimate of drug-likeness (QED) is 0.641. The van der Waals surface area contributed by atoms with Crippen LogP contribution in [0, 0.1) is 10.1 Å². The molecule has 0 saturated carbocycles. The van der Waals surface area contributed by atoms with Crippen LogP contribution in [0.4, 0.5) is 11.4 Å². The Morgan fingerprint density at radius 1 is 1.26 bits per heavy atom. The van der Waals surface area contributed by atoms with Crippen LogP contribution in [0.5, 0.6) is 0 Å². The molecule has 2 heterocycles. The zero-order valence-corrected chi connectivity index (χ0v) is 9.90. The van der Waals surface area contributed by atoms with Crippen molar-refractivity contribution in [3.05, 3.63) is 22.2 Å². The van der Waals surface area contributed by atoms with Gasteiger partial charge in [0.25, 0.3) is 0 Å². The van der Waals surface area contributed by atoms with Crippen LogP contribution in [-0.4, -0.2) is 46.5 Å². The van der Waals surface area contributed by atoms with Gasteiger partial charge in [0.1, 0.15) is 0 Å². The molecule has 1 aliphatic heterocycles. The molecule has 1 N–H and O–H groups in total. The number of nitrogens with zero attached hydrogens (tertiary/aromatic N) is 4. The van der Waals surface area contributed by atoms with Gasteiger partial charge in [0.2, 0.25) is 5.52 Å². The number of nitrogens with one attached hydrogen (secondary N) is 1. The fourth-order valence-corrected chi connectivity index (χ4v) is 1.94. The fraction of sp³-hybridized carbons (Fsp3) is 0.400. The van der Waals surface area contributed by atoms with E-state index in [1.807, 2.05) is 5.01 Å². The predicted molar refractivity (Wildman–Crippen MR) is 64.5 cm³/mol. The first-order valence-electron chi connectivity index (χ1n) is 5.75. The number of hydrogen-bond donors (Lipinski definition) is 1. The van der Waals surface area contributed by atoms with Crippen LogP contribution in [0.25, 0.3) is 11.0 Å². The molecule has 1 aromatic heterocycles. The number of hydrazine groups is 1. The number of non-ortho nitro benzene ring substituents is 1. The van der Waals surface area contributed by atoms with E-state index in [0.29, 0.717) is 24.4 Å². The minimum atomic E-state index is -0.509. The van der Waals surface area contributed by atoms with Gasteiger partial charge in [-0.15, -0.1) is 0 Å². The second-order valence-electron chi connectivity index (χ2n) is 4.06. The number of fused-ring (bicyclic) bond motifs is 1. The van der Waals surface area contributed by atoms with Crippen molar-refractivity contribution in [3.63, 3.8) is 0 Å². The van der Waals surface area contributed by atoms with Crippen LogP contribution >= 0.6 is 0 Å². The topological polar surface area (TPSA) is 107 Å². The van der Waals surface area contributed by atoms with Crippen molar-refractivity contribution in [2.45, 2.75) is 0 Å². The molecule has 19 heavy (non-hydrogen) atoms. The molecule has 1 aromatic carbocycles. The van der Waals surface area contributed by atoms with E-state index in [1.54, 1.807) is 6.07 Å². The Labute approximate surface area is 107 Å². The second kappa shape index (κ2) is 4.78. The van der Waals surface area contributed by atoms with Crippen LogP contribution in [0.1, 0.15) is 0 Å². The summed E-state index contributed by atoms with van der Waals surface area (Å²) in [7, 11) is 0. The van der Waals surface area contributed by atoms with Crippen molar-refractivity contribution in [2.24, 2.45) is 0 Å². The molecule has 1 saturated heterocycles. The molecule has 0 atom stereocenters. The molecular formula is C10H11N5O4. The van der Waals surface area contributed by atoms with Crippen LogP contribution in [0.2, 0.25) is 0 Å². The number of morpholine rings is 1. The Hall–Kier alpha value is -2.26. The van der Waals surface area contributed by atoms with Gasteiger partial charge in [-0.05, 0) is 16.4 Å². The second-order valence-corrected chi connectivity index (χ2v) is 4.06. The summed E-state index contributed by atoms with van der Waals surface area (Å²) in [6.45, 7) is 2.73. The molecule has 0 bridgehead atoms. The van der Waals surface area contributed by atoms with E-state index in [0.717, 1.165) is 13.1 Å². The van der Waals surface area contributed by atoms with E-state index in [1.165, 1.54) is 6.07 Å². The van der Waals surface area contributed by atoms with Gasteiger partial charge in [0, 0.05) is 19.2 Å². The predicted octanol–water partition coefficient (Wildman–Crippen LogP) is 0.790. The molecule has 9 heteroatoms. The van der Waals surface area contributed by atoms with Gasteiger partial charge in [0.15, 0.2) is 5.52 Å². The third kappa shape index (κ3) is 2.20. The molecule has 0 amide bonds. The average molecular weight is 265 g/mol. The van der Waals surface area contributed by atoms with Gasteiger partial charge in [-0.1, -0.05) is 0 Å². The number of anilines is 1.